The maximum Gasteiger partial charge on any atom is 0.254 e. The maximum atomic E-state index is 11.8. The molecule has 0 spiro atoms. The standard InChI is InChI=1S/C15H21ClN4O/c1-2-19-6-8-20(9-7-19)12-15(21)18-17-11-13-4-3-5-14(16)10-13/h3-5,10-11H,2,6-9,12H2,1H3,(H,18,21)/b17-11+. The van der Waals surface area contributed by atoms with E-state index in [2.05, 4.69) is 27.3 Å². The van der Waals surface area contributed by atoms with Crippen molar-refractivity contribution >= 4 is 23.7 Å². The van der Waals surface area contributed by atoms with E-state index < -0.39 is 0 Å². The second-order valence-electron chi connectivity index (χ2n) is 5.06. The summed E-state index contributed by atoms with van der Waals surface area (Å²) in [6.45, 7) is 7.53. The summed E-state index contributed by atoms with van der Waals surface area (Å²) in [4.78, 5) is 16.3. The molecule has 1 amide bonds. The van der Waals surface area contributed by atoms with E-state index in [1.165, 1.54) is 0 Å². The predicted molar refractivity (Wildman–Crippen MR) is 85.7 cm³/mol. The van der Waals surface area contributed by atoms with Crippen LogP contribution in [0.3, 0.4) is 0 Å². The van der Waals surface area contributed by atoms with Crippen molar-refractivity contribution < 1.29 is 4.79 Å². The Bertz CT molecular complexity index is 498. The van der Waals surface area contributed by atoms with Crippen molar-refractivity contribution in [2.45, 2.75) is 6.92 Å². The second kappa shape index (κ2) is 8.12. The smallest absolute Gasteiger partial charge is 0.254 e. The van der Waals surface area contributed by atoms with Crippen LogP contribution in [0.15, 0.2) is 29.4 Å². The summed E-state index contributed by atoms with van der Waals surface area (Å²) in [5, 5.41) is 4.61. The molecule has 1 aliphatic rings. The Morgan fingerprint density at radius 2 is 2.05 bits per heavy atom. The van der Waals surface area contributed by atoms with E-state index in [1.807, 2.05) is 12.1 Å². The van der Waals surface area contributed by atoms with E-state index in [0.29, 0.717) is 11.6 Å². The van der Waals surface area contributed by atoms with E-state index in [9.17, 15) is 4.79 Å². The number of hydrogen-bond acceptors (Lipinski definition) is 4. The van der Waals surface area contributed by atoms with Crippen LogP contribution < -0.4 is 5.43 Å². The number of benzene rings is 1. The Morgan fingerprint density at radius 3 is 2.71 bits per heavy atom. The van der Waals surface area contributed by atoms with Gasteiger partial charge in [-0.3, -0.25) is 9.69 Å². The maximum absolute atomic E-state index is 11.8. The van der Waals surface area contributed by atoms with E-state index in [0.717, 1.165) is 38.3 Å². The summed E-state index contributed by atoms with van der Waals surface area (Å²) < 4.78 is 0. The summed E-state index contributed by atoms with van der Waals surface area (Å²) in [7, 11) is 0. The van der Waals surface area contributed by atoms with Gasteiger partial charge in [0.2, 0.25) is 0 Å². The van der Waals surface area contributed by atoms with E-state index in [-0.39, 0.29) is 5.91 Å². The number of hydrazone groups is 1. The van der Waals surface area contributed by atoms with Gasteiger partial charge in [0.05, 0.1) is 12.8 Å². The second-order valence-corrected chi connectivity index (χ2v) is 5.50. The monoisotopic (exact) mass is 308 g/mol. The Labute approximate surface area is 130 Å². The molecule has 1 aromatic rings. The first-order valence-electron chi connectivity index (χ1n) is 7.19. The molecule has 1 saturated heterocycles. The van der Waals surface area contributed by atoms with Gasteiger partial charge in [0.15, 0.2) is 0 Å². The molecule has 1 heterocycles. The van der Waals surface area contributed by atoms with Crippen molar-refractivity contribution in [3.05, 3.63) is 34.9 Å². The minimum absolute atomic E-state index is 0.0850. The van der Waals surface area contributed by atoms with Gasteiger partial charge in [-0.05, 0) is 24.2 Å². The van der Waals surface area contributed by atoms with Crippen molar-refractivity contribution in [1.82, 2.24) is 15.2 Å². The largest absolute Gasteiger partial charge is 0.301 e. The molecule has 0 atom stereocenters. The van der Waals surface area contributed by atoms with Crippen LogP contribution in [0.2, 0.25) is 5.02 Å². The lowest BCUT2D eigenvalue weighted by atomic mass is 10.2. The van der Waals surface area contributed by atoms with Gasteiger partial charge in [0.25, 0.3) is 5.91 Å². The lowest BCUT2D eigenvalue weighted by molar-refractivity contribution is -0.122. The molecule has 0 bridgehead atoms. The van der Waals surface area contributed by atoms with Crippen LogP contribution in [0.1, 0.15) is 12.5 Å². The highest BCUT2D eigenvalue weighted by Crippen LogP contribution is 2.08. The zero-order chi connectivity index (χ0) is 15.1. The number of rotatable bonds is 5. The third-order valence-electron chi connectivity index (χ3n) is 3.53. The topological polar surface area (TPSA) is 47.9 Å². The van der Waals surface area contributed by atoms with Gasteiger partial charge in [0.1, 0.15) is 0 Å². The van der Waals surface area contributed by atoms with Crippen LogP contribution in [0.4, 0.5) is 0 Å². The molecule has 0 unspecified atom stereocenters. The average Bonchev–Trinajstić information content (AvgIpc) is 2.48. The first kappa shape index (κ1) is 15.9. The molecule has 0 aromatic heterocycles. The number of piperazine rings is 1. The number of nitrogens with zero attached hydrogens (tertiary/aromatic N) is 3. The molecule has 21 heavy (non-hydrogen) atoms. The number of amides is 1. The summed E-state index contributed by atoms with van der Waals surface area (Å²) in [5.74, 6) is -0.0850. The van der Waals surface area contributed by atoms with Crippen LogP contribution in [-0.4, -0.2) is 61.2 Å². The number of nitrogens with one attached hydrogen (secondary N) is 1. The number of hydrogen-bond donors (Lipinski definition) is 1. The lowest BCUT2D eigenvalue weighted by Crippen LogP contribution is -2.48. The highest BCUT2D eigenvalue weighted by atomic mass is 35.5. The van der Waals surface area contributed by atoms with Crippen molar-refractivity contribution in [2.24, 2.45) is 5.10 Å². The highest BCUT2D eigenvalue weighted by Gasteiger charge is 2.17. The Hall–Kier alpha value is -1.43. The fourth-order valence-electron chi connectivity index (χ4n) is 2.27. The zero-order valence-corrected chi connectivity index (χ0v) is 13.0. The molecule has 2 rings (SSSR count). The van der Waals surface area contributed by atoms with Crippen molar-refractivity contribution in [1.29, 1.82) is 0 Å². The first-order chi connectivity index (χ1) is 10.2. The predicted octanol–water partition coefficient (Wildman–Crippen LogP) is 1.43. The average molecular weight is 309 g/mol. The highest BCUT2D eigenvalue weighted by molar-refractivity contribution is 6.30. The molecule has 0 radical (unpaired) electrons. The minimum Gasteiger partial charge on any atom is -0.301 e. The molecule has 114 valence electrons. The van der Waals surface area contributed by atoms with Gasteiger partial charge < -0.3 is 4.90 Å². The van der Waals surface area contributed by atoms with Gasteiger partial charge in [-0.15, -0.1) is 0 Å². The van der Waals surface area contributed by atoms with E-state index in [4.69, 9.17) is 11.6 Å². The van der Waals surface area contributed by atoms with Gasteiger partial charge in [-0.2, -0.15) is 5.10 Å². The zero-order valence-electron chi connectivity index (χ0n) is 12.3. The summed E-state index contributed by atoms with van der Waals surface area (Å²) in [5.41, 5.74) is 3.42. The Morgan fingerprint density at radius 1 is 1.33 bits per heavy atom. The quantitative estimate of drug-likeness (QED) is 0.661. The number of likely N-dealkylation sites (N-methyl/N-ethyl adjacent to an activating group) is 1. The van der Waals surface area contributed by atoms with Crippen LogP contribution in [-0.2, 0) is 4.79 Å². The molecule has 1 aromatic carbocycles. The molecule has 5 nitrogen and oxygen atoms in total. The normalized spacial score (nSPS) is 17.2. The Kier molecular flexibility index (Phi) is 6.17. The van der Waals surface area contributed by atoms with E-state index >= 15 is 0 Å². The molecular formula is C15H21ClN4O. The number of halogens is 1. The van der Waals surface area contributed by atoms with Gasteiger partial charge >= 0.3 is 0 Å². The van der Waals surface area contributed by atoms with Crippen molar-refractivity contribution in [2.75, 3.05) is 39.3 Å². The van der Waals surface area contributed by atoms with Crippen molar-refractivity contribution in [3.8, 4) is 0 Å². The molecule has 0 aliphatic carbocycles. The fourth-order valence-corrected chi connectivity index (χ4v) is 2.47. The third kappa shape index (κ3) is 5.46. The third-order valence-corrected chi connectivity index (χ3v) is 3.77. The van der Waals surface area contributed by atoms with Gasteiger partial charge in [-0.1, -0.05) is 30.7 Å². The Balaban J connectivity index is 1.72. The molecule has 0 saturated carbocycles. The molecule has 1 fully saturated rings. The van der Waals surface area contributed by atoms with Gasteiger partial charge in [0, 0.05) is 31.2 Å². The SMILES string of the molecule is CCN1CCN(CC(=O)N/N=C/c2cccc(Cl)c2)CC1. The lowest BCUT2D eigenvalue weighted by Gasteiger charge is -2.33. The molecule has 1 aliphatic heterocycles. The number of carbonyl (C=O) groups excluding carboxylic acids is 1. The van der Waals surface area contributed by atoms with Crippen LogP contribution >= 0.6 is 11.6 Å². The summed E-state index contributed by atoms with van der Waals surface area (Å²) in [6.07, 6.45) is 1.60. The number of carbonyl (C=O) groups is 1. The summed E-state index contributed by atoms with van der Waals surface area (Å²) in [6, 6.07) is 7.32. The van der Waals surface area contributed by atoms with Gasteiger partial charge in [-0.25, -0.2) is 5.43 Å². The molecular weight excluding hydrogens is 288 g/mol. The van der Waals surface area contributed by atoms with E-state index in [1.54, 1.807) is 18.3 Å². The van der Waals surface area contributed by atoms with Crippen LogP contribution in [0.5, 0.6) is 0 Å². The fraction of sp³-hybridized carbons (Fsp3) is 0.467. The molecule has 6 heteroatoms. The first-order valence-corrected chi connectivity index (χ1v) is 7.57. The molecule has 1 N–H and O–H groups in total. The van der Waals surface area contributed by atoms with Crippen molar-refractivity contribution in [3.63, 3.8) is 0 Å². The minimum atomic E-state index is -0.0850. The summed E-state index contributed by atoms with van der Waals surface area (Å²) >= 11 is 5.88. The van der Waals surface area contributed by atoms with Crippen LogP contribution in [0, 0.1) is 0 Å². The van der Waals surface area contributed by atoms with Crippen LogP contribution in [0.25, 0.3) is 0 Å².